The molecule has 0 radical (unpaired) electrons. The van der Waals surface area contributed by atoms with Crippen molar-refractivity contribution in [3.05, 3.63) is 47.8 Å². The standard InChI is InChI=1S/C33H50F2N4O6S/c1-32(2,3)46(44,45)22-26(17-24-7-5-4-6-8-24)31(43)36-39(20-29(41)21-40)30(42)12-11-28-19-37(23-38(28)27-9-10-27)18-25-13-15-33(34,35)16-14-25/h4-8,19,25-27,29,40-41H,9-18,20-23H2,1-3H3,(H,36,43)/t26-,29-/m1/s1. The third kappa shape index (κ3) is 10.1. The van der Waals surface area contributed by atoms with Gasteiger partial charge in [-0.1, -0.05) is 30.3 Å². The fourth-order valence-electron chi connectivity index (χ4n) is 5.99. The van der Waals surface area contributed by atoms with Crippen molar-refractivity contribution in [2.75, 3.05) is 32.1 Å². The predicted molar refractivity (Wildman–Crippen MR) is 171 cm³/mol. The number of aliphatic hydroxyl groups excluding tert-OH is 2. The fraction of sp³-hybridized carbons (Fsp3) is 0.697. The Morgan fingerprint density at radius 2 is 1.76 bits per heavy atom. The lowest BCUT2D eigenvalue weighted by molar-refractivity contribution is -0.145. The topological polar surface area (TPSA) is 130 Å². The van der Waals surface area contributed by atoms with Gasteiger partial charge in [0.15, 0.2) is 9.84 Å². The molecule has 13 heteroatoms. The molecule has 1 aromatic carbocycles. The van der Waals surface area contributed by atoms with Crippen molar-refractivity contribution in [3.63, 3.8) is 0 Å². The van der Waals surface area contributed by atoms with Crippen LogP contribution in [0.1, 0.15) is 77.7 Å². The SMILES string of the molecule is CC(C)(C)S(=O)(=O)C[C@@H](Cc1ccccc1)C(=O)NN(C[C@@H](O)CO)C(=O)CCC1=CN(CC2CCC(F)(F)CC2)CN1C1CC1. The number of alkyl halides is 2. The number of rotatable bonds is 14. The Bertz CT molecular complexity index is 1320. The van der Waals surface area contributed by atoms with E-state index in [0.29, 0.717) is 38.5 Å². The normalized spacial score (nSPS) is 20.3. The number of aliphatic hydroxyl groups is 2. The zero-order valence-corrected chi connectivity index (χ0v) is 28.0. The van der Waals surface area contributed by atoms with E-state index in [1.165, 1.54) is 0 Å². The van der Waals surface area contributed by atoms with Gasteiger partial charge in [-0.05, 0) is 70.8 Å². The average Bonchev–Trinajstić information content (AvgIpc) is 3.76. The second-order valence-electron chi connectivity index (χ2n) is 14.1. The maximum absolute atomic E-state index is 13.7. The summed E-state index contributed by atoms with van der Waals surface area (Å²) in [6.07, 6.45) is 4.07. The second-order valence-corrected chi connectivity index (χ2v) is 16.9. The lowest BCUT2D eigenvalue weighted by Crippen LogP contribution is -2.53. The quantitative estimate of drug-likeness (QED) is 0.257. The summed E-state index contributed by atoms with van der Waals surface area (Å²) >= 11 is 0. The number of hydrogen-bond acceptors (Lipinski definition) is 8. The van der Waals surface area contributed by atoms with Gasteiger partial charge >= 0.3 is 0 Å². The van der Waals surface area contributed by atoms with Crippen molar-refractivity contribution in [1.29, 1.82) is 0 Å². The van der Waals surface area contributed by atoms with Gasteiger partial charge in [0.1, 0.15) is 0 Å². The molecular weight excluding hydrogens is 618 g/mol. The summed E-state index contributed by atoms with van der Waals surface area (Å²) in [6, 6.07) is 9.40. The molecule has 0 bridgehead atoms. The number of nitrogens with one attached hydrogen (secondary N) is 1. The Labute approximate surface area is 271 Å². The van der Waals surface area contributed by atoms with Crippen LogP contribution in [0, 0.1) is 11.8 Å². The van der Waals surface area contributed by atoms with Gasteiger partial charge in [0, 0.05) is 43.7 Å². The van der Waals surface area contributed by atoms with Gasteiger partial charge < -0.3 is 20.0 Å². The summed E-state index contributed by atoms with van der Waals surface area (Å²) in [5.74, 6) is -4.98. The first kappa shape index (κ1) is 36.1. The molecule has 2 saturated carbocycles. The Morgan fingerprint density at radius 1 is 1.11 bits per heavy atom. The van der Waals surface area contributed by atoms with Crippen LogP contribution < -0.4 is 5.43 Å². The minimum atomic E-state index is -3.71. The van der Waals surface area contributed by atoms with Crippen LogP contribution in [0.5, 0.6) is 0 Å². The summed E-state index contributed by atoms with van der Waals surface area (Å²) in [6.45, 7) is 5.05. The highest BCUT2D eigenvalue weighted by Crippen LogP contribution is 2.39. The highest BCUT2D eigenvalue weighted by Gasteiger charge is 2.39. The Hall–Kier alpha value is -2.77. The van der Waals surface area contributed by atoms with E-state index < -0.39 is 56.7 Å². The van der Waals surface area contributed by atoms with Crippen molar-refractivity contribution in [2.45, 2.75) is 101 Å². The Kier molecular flexibility index (Phi) is 11.7. The molecular formula is C33H50F2N4O6S. The van der Waals surface area contributed by atoms with Crippen molar-refractivity contribution in [1.82, 2.24) is 20.2 Å². The zero-order valence-electron chi connectivity index (χ0n) is 27.2. The monoisotopic (exact) mass is 668 g/mol. The van der Waals surface area contributed by atoms with Crippen LogP contribution in [0.25, 0.3) is 0 Å². The number of carbonyl (C=O) groups excluding carboxylic acids is 2. The Balaban J connectivity index is 1.44. The van der Waals surface area contributed by atoms with Gasteiger partial charge in [-0.2, -0.15) is 0 Å². The van der Waals surface area contributed by atoms with Crippen LogP contribution in [-0.2, 0) is 25.8 Å². The van der Waals surface area contributed by atoms with E-state index in [0.717, 1.165) is 29.1 Å². The van der Waals surface area contributed by atoms with E-state index in [2.05, 4.69) is 15.2 Å². The van der Waals surface area contributed by atoms with Crippen LogP contribution in [0.15, 0.2) is 42.2 Å². The molecule has 10 nitrogen and oxygen atoms in total. The average molecular weight is 669 g/mol. The number of hydrogen-bond donors (Lipinski definition) is 3. The molecule has 3 aliphatic rings. The number of halogens is 2. The second kappa shape index (κ2) is 15.0. The summed E-state index contributed by atoms with van der Waals surface area (Å²) in [5, 5.41) is 20.7. The minimum absolute atomic E-state index is 0.000610. The van der Waals surface area contributed by atoms with Gasteiger partial charge in [0.05, 0.1) is 42.3 Å². The molecule has 2 amide bonds. The van der Waals surface area contributed by atoms with Crippen molar-refractivity contribution < 1.29 is 37.0 Å². The van der Waals surface area contributed by atoms with E-state index in [-0.39, 0.29) is 38.1 Å². The molecule has 1 aromatic rings. The number of hydrazine groups is 1. The van der Waals surface area contributed by atoms with Crippen molar-refractivity contribution in [2.24, 2.45) is 11.8 Å². The highest BCUT2D eigenvalue weighted by molar-refractivity contribution is 7.92. The van der Waals surface area contributed by atoms with Gasteiger partial charge in [-0.15, -0.1) is 0 Å². The molecule has 46 heavy (non-hydrogen) atoms. The first-order valence-corrected chi connectivity index (χ1v) is 18.0. The fourth-order valence-corrected chi connectivity index (χ4v) is 7.29. The molecule has 258 valence electrons. The lowest BCUT2D eigenvalue weighted by atomic mass is 9.86. The van der Waals surface area contributed by atoms with Crippen LogP contribution in [0.4, 0.5) is 8.78 Å². The molecule has 3 N–H and O–H groups in total. The van der Waals surface area contributed by atoms with E-state index in [4.69, 9.17) is 0 Å². The third-order valence-electron chi connectivity index (χ3n) is 9.15. The van der Waals surface area contributed by atoms with E-state index >= 15 is 0 Å². The summed E-state index contributed by atoms with van der Waals surface area (Å²) in [5.41, 5.74) is 4.30. The van der Waals surface area contributed by atoms with Crippen LogP contribution in [0.3, 0.4) is 0 Å². The van der Waals surface area contributed by atoms with Gasteiger partial charge in [0.25, 0.3) is 0 Å². The number of sulfone groups is 1. The van der Waals surface area contributed by atoms with E-state index in [1.54, 1.807) is 45.0 Å². The van der Waals surface area contributed by atoms with Crippen LogP contribution in [-0.4, -0.2) is 100 Å². The lowest BCUT2D eigenvalue weighted by Gasteiger charge is -2.31. The zero-order chi connectivity index (χ0) is 33.7. The van der Waals surface area contributed by atoms with Gasteiger partial charge in [-0.3, -0.25) is 20.0 Å². The van der Waals surface area contributed by atoms with Crippen molar-refractivity contribution in [3.8, 4) is 0 Å². The third-order valence-corrected chi connectivity index (χ3v) is 11.9. The molecule has 1 heterocycles. The number of allylic oxidation sites excluding steroid dienone is 1. The molecule has 0 aromatic heterocycles. The van der Waals surface area contributed by atoms with E-state index in [9.17, 15) is 37.0 Å². The van der Waals surface area contributed by atoms with Crippen LogP contribution in [0.2, 0.25) is 0 Å². The highest BCUT2D eigenvalue weighted by atomic mass is 32.2. The molecule has 2 aliphatic carbocycles. The first-order valence-electron chi connectivity index (χ1n) is 16.3. The smallest absolute Gasteiger partial charge is 0.248 e. The Morgan fingerprint density at radius 3 is 2.35 bits per heavy atom. The van der Waals surface area contributed by atoms with Crippen LogP contribution >= 0.6 is 0 Å². The number of amides is 2. The molecule has 4 rings (SSSR count). The maximum Gasteiger partial charge on any atom is 0.248 e. The first-order chi connectivity index (χ1) is 21.6. The summed E-state index contributed by atoms with van der Waals surface area (Å²) in [7, 11) is -3.71. The molecule has 2 fully saturated rings. The van der Waals surface area contributed by atoms with Gasteiger partial charge in [0.2, 0.25) is 17.7 Å². The number of nitrogens with zero attached hydrogens (tertiary/aromatic N) is 3. The molecule has 2 atom stereocenters. The summed E-state index contributed by atoms with van der Waals surface area (Å²) < 4.78 is 52.5. The summed E-state index contributed by atoms with van der Waals surface area (Å²) in [4.78, 5) is 31.6. The van der Waals surface area contributed by atoms with Crippen molar-refractivity contribution >= 4 is 21.7 Å². The molecule has 1 aliphatic heterocycles. The minimum Gasteiger partial charge on any atom is -0.394 e. The molecule has 0 spiro atoms. The maximum atomic E-state index is 13.7. The number of benzene rings is 1. The molecule has 0 saturated heterocycles. The van der Waals surface area contributed by atoms with Gasteiger partial charge in [-0.25, -0.2) is 17.2 Å². The van der Waals surface area contributed by atoms with E-state index in [1.807, 2.05) is 12.3 Å². The number of carbonyl (C=O) groups is 2. The molecule has 0 unspecified atom stereocenters. The largest absolute Gasteiger partial charge is 0.394 e. The predicted octanol–water partition coefficient (Wildman–Crippen LogP) is 3.46.